The Bertz CT molecular complexity index is 1290. The quantitative estimate of drug-likeness (QED) is 0.514. The van der Waals surface area contributed by atoms with Gasteiger partial charge >= 0.3 is 6.03 Å². The molecule has 0 radical (unpaired) electrons. The first kappa shape index (κ1) is 22.5. The van der Waals surface area contributed by atoms with Crippen molar-refractivity contribution in [1.29, 1.82) is 0 Å². The first-order valence-corrected chi connectivity index (χ1v) is 12.0. The van der Waals surface area contributed by atoms with E-state index >= 15 is 0 Å². The number of urea groups is 1. The third-order valence-corrected chi connectivity index (χ3v) is 7.98. The Hall–Kier alpha value is -3.32. The van der Waals surface area contributed by atoms with Gasteiger partial charge in [0.15, 0.2) is 4.87 Å². The van der Waals surface area contributed by atoms with Gasteiger partial charge in [-0.05, 0) is 50.1 Å². The van der Waals surface area contributed by atoms with E-state index in [1.54, 1.807) is 21.9 Å². The Morgan fingerprint density at radius 1 is 1.03 bits per heavy atom. The number of benzene rings is 3. The summed E-state index contributed by atoms with van der Waals surface area (Å²) >= 11 is 1.48. The van der Waals surface area contributed by atoms with Crippen molar-refractivity contribution in [1.82, 2.24) is 4.90 Å². The molecule has 2 aliphatic rings. The molecular formula is C27H26FN3O2S. The SMILES string of the molecule is Cc1ccccc1CN1C(=O)C2(SC(C)(C)CN2C(=O)Nc2ccccc2F)c2ccccc21. The van der Waals surface area contributed by atoms with Crippen molar-refractivity contribution in [2.75, 3.05) is 16.8 Å². The first-order chi connectivity index (χ1) is 16.2. The van der Waals surface area contributed by atoms with Crippen LogP contribution in [-0.4, -0.2) is 28.1 Å². The Morgan fingerprint density at radius 3 is 2.47 bits per heavy atom. The van der Waals surface area contributed by atoms with Crippen molar-refractivity contribution in [2.24, 2.45) is 0 Å². The van der Waals surface area contributed by atoms with E-state index in [9.17, 15) is 14.0 Å². The molecule has 0 aromatic heterocycles. The number of hydrogen-bond acceptors (Lipinski definition) is 3. The molecule has 0 aliphatic carbocycles. The Morgan fingerprint density at radius 2 is 1.71 bits per heavy atom. The number of hydrogen-bond donors (Lipinski definition) is 1. The van der Waals surface area contributed by atoms with E-state index in [2.05, 4.69) is 5.32 Å². The molecule has 7 heteroatoms. The van der Waals surface area contributed by atoms with Crippen LogP contribution in [0.25, 0.3) is 0 Å². The molecule has 34 heavy (non-hydrogen) atoms. The molecular weight excluding hydrogens is 449 g/mol. The summed E-state index contributed by atoms with van der Waals surface area (Å²) in [5.74, 6) is -0.674. The predicted molar refractivity (Wildman–Crippen MR) is 134 cm³/mol. The van der Waals surface area contributed by atoms with E-state index in [0.717, 1.165) is 22.4 Å². The first-order valence-electron chi connectivity index (χ1n) is 11.2. The summed E-state index contributed by atoms with van der Waals surface area (Å²) in [4.78, 5) is 29.9. The van der Waals surface area contributed by atoms with Gasteiger partial charge in [0, 0.05) is 16.9 Å². The summed E-state index contributed by atoms with van der Waals surface area (Å²) in [5, 5.41) is 2.69. The van der Waals surface area contributed by atoms with Crippen molar-refractivity contribution in [3.8, 4) is 0 Å². The number of rotatable bonds is 3. The minimum Gasteiger partial charge on any atom is -0.305 e. The Labute approximate surface area is 202 Å². The van der Waals surface area contributed by atoms with Crippen LogP contribution in [0.3, 0.4) is 0 Å². The average molecular weight is 476 g/mol. The number of nitrogens with one attached hydrogen (secondary N) is 1. The van der Waals surface area contributed by atoms with E-state index in [1.807, 2.05) is 69.3 Å². The zero-order valence-corrected chi connectivity index (χ0v) is 20.2. The summed E-state index contributed by atoms with van der Waals surface area (Å²) in [6, 6.07) is 21.2. The molecule has 1 fully saturated rings. The number of halogens is 1. The summed E-state index contributed by atoms with van der Waals surface area (Å²) < 4.78 is 13.9. The molecule has 2 heterocycles. The Balaban J connectivity index is 1.58. The molecule has 3 aromatic rings. The largest absolute Gasteiger partial charge is 0.323 e. The second-order valence-corrected chi connectivity index (χ2v) is 11.2. The number of anilines is 2. The van der Waals surface area contributed by atoms with Gasteiger partial charge in [0.1, 0.15) is 5.82 Å². The van der Waals surface area contributed by atoms with Gasteiger partial charge < -0.3 is 10.2 Å². The van der Waals surface area contributed by atoms with Crippen molar-refractivity contribution >= 4 is 35.1 Å². The second kappa shape index (κ2) is 8.17. The van der Waals surface area contributed by atoms with Crippen molar-refractivity contribution in [3.05, 3.63) is 95.3 Å². The van der Waals surface area contributed by atoms with E-state index < -0.39 is 16.7 Å². The molecule has 1 spiro atoms. The highest BCUT2D eigenvalue weighted by molar-refractivity contribution is 8.02. The number of thioether (sulfide) groups is 1. The van der Waals surface area contributed by atoms with E-state index in [1.165, 1.54) is 23.9 Å². The van der Waals surface area contributed by atoms with Crippen LogP contribution in [0.5, 0.6) is 0 Å². The minimum atomic E-state index is -1.22. The molecule has 1 atom stereocenters. The topological polar surface area (TPSA) is 52.7 Å². The number of para-hydroxylation sites is 2. The van der Waals surface area contributed by atoms with Crippen molar-refractivity contribution < 1.29 is 14.0 Å². The van der Waals surface area contributed by atoms with E-state index in [0.29, 0.717) is 13.1 Å². The molecule has 5 rings (SSSR count). The molecule has 0 saturated carbocycles. The van der Waals surface area contributed by atoms with E-state index in [4.69, 9.17) is 0 Å². The fraction of sp³-hybridized carbons (Fsp3) is 0.259. The summed E-state index contributed by atoms with van der Waals surface area (Å²) in [7, 11) is 0. The van der Waals surface area contributed by atoms with Crippen molar-refractivity contribution in [3.63, 3.8) is 0 Å². The summed E-state index contributed by atoms with van der Waals surface area (Å²) in [5.41, 5.74) is 3.82. The lowest BCUT2D eigenvalue weighted by molar-refractivity contribution is -0.123. The van der Waals surface area contributed by atoms with Gasteiger partial charge in [0.05, 0.1) is 17.9 Å². The highest BCUT2D eigenvalue weighted by Crippen LogP contribution is 2.59. The lowest BCUT2D eigenvalue weighted by Crippen LogP contribution is -2.51. The average Bonchev–Trinajstić information content (AvgIpc) is 3.23. The lowest BCUT2D eigenvalue weighted by Gasteiger charge is -2.33. The number of amides is 3. The van der Waals surface area contributed by atoms with Crippen LogP contribution in [-0.2, 0) is 16.2 Å². The van der Waals surface area contributed by atoms with Gasteiger partial charge in [-0.2, -0.15) is 0 Å². The van der Waals surface area contributed by atoms with Gasteiger partial charge in [0.2, 0.25) is 0 Å². The molecule has 174 valence electrons. The third kappa shape index (κ3) is 3.55. The molecule has 1 N–H and O–H groups in total. The van der Waals surface area contributed by atoms with Gasteiger partial charge in [-0.15, -0.1) is 11.8 Å². The molecule has 3 amide bonds. The number of carbonyl (C=O) groups excluding carboxylic acids is 2. The predicted octanol–water partition coefficient (Wildman–Crippen LogP) is 5.89. The summed E-state index contributed by atoms with van der Waals surface area (Å²) in [6.07, 6.45) is 0. The second-order valence-electron chi connectivity index (χ2n) is 9.34. The normalized spacial score (nSPS) is 20.6. The zero-order valence-electron chi connectivity index (χ0n) is 19.3. The fourth-order valence-corrected chi connectivity index (χ4v) is 6.55. The van der Waals surface area contributed by atoms with Gasteiger partial charge in [-0.1, -0.05) is 54.6 Å². The van der Waals surface area contributed by atoms with Crippen LogP contribution in [0.4, 0.5) is 20.6 Å². The maximum Gasteiger partial charge on any atom is 0.323 e. The molecule has 2 aliphatic heterocycles. The number of aryl methyl sites for hydroxylation is 1. The van der Waals surface area contributed by atoms with Gasteiger partial charge in [0.25, 0.3) is 5.91 Å². The number of carbonyl (C=O) groups is 2. The van der Waals surface area contributed by atoms with Gasteiger partial charge in [-0.3, -0.25) is 9.69 Å². The lowest BCUT2D eigenvalue weighted by atomic mass is 10.1. The maximum absolute atomic E-state index is 14.3. The van der Waals surface area contributed by atoms with Crippen LogP contribution < -0.4 is 10.2 Å². The number of nitrogens with zero attached hydrogens (tertiary/aromatic N) is 2. The van der Waals surface area contributed by atoms with Crippen LogP contribution in [0, 0.1) is 12.7 Å². The van der Waals surface area contributed by atoms with Crippen molar-refractivity contribution in [2.45, 2.75) is 36.9 Å². The van der Waals surface area contributed by atoms with Crippen LogP contribution in [0.1, 0.15) is 30.5 Å². The fourth-order valence-electron chi connectivity index (χ4n) is 4.82. The third-order valence-electron chi connectivity index (χ3n) is 6.39. The molecule has 5 nitrogen and oxygen atoms in total. The molecule has 3 aromatic carbocycles. The monoisotopic (exact) mass is 475 g/mol. The standard InChI is InChI=1S/C27H26FN3O2S/c1-18-10-4-5-11-19(18)16-30-23-15-9-6-12-20(23)27(24(30)32)31(17-26(2,3)34-27)25(33)29-22-14-8-7-13-21(22)28/h4-15H,16-17H2,1-3H3,(H,29,33). The Kier molecular flexibility index (Phi) is 5.40. The van der Waals surface area contributed by atoms with Crippen LogP contribution >= 0.6 is 11.8 Å². The highest BCUT2D eigenvalue weighted by Gasteiger charge is 2.63. The summed E-state index contributed by atoms with van der Waals surface area (Å²) in [6.45, 7) is 6.83. The van der Waals surface area contributed by atoms with Gasteiger partial charge in [-0.25, -0.2) is 9.18 Å². The van der Waals surface area contributed by atoms with Crippen LogP contribution in [0.15, 0.2) is 72.8 Å². The smallest absolute Gasteiger partial charge is 0.305 e. The molecule has 1 unspecified atom stereocenters. The maximum atomic E-state index is 14.3. The van der Waals surface area contributed by atoms with Crippen LogP contribution in [0.2, 0.25) is 0 Å². The highest BCUT2D eigenvalue weighted by atomic mass is 32.2. The number of fused-ring (bicyclic) bond motifs is 2. The minimum absolute atomic E-state index is 0.0906. The van der Waals surface area contributed by atoms with E-state index in [-0.39, 0.29) is 16.3 Å². The molecule has 0 bridgehead atoms. The zero-order chi connectivity index (χ0) is 24.1. The molecule has 1 saturated heterocycles.